The predicted octanol–water partition coefficient (Wildman–Crippen LogP) is 4.62. The number of hydrogen-bond donors (Lipinski definition) is 1. The molecule has 2 aromatic rings. The molecule has 1 N–H and O–H groups in total. The molecule has 0 fully saturated rings. The molecule has 0 bridgehead atoms. The summed E-state index contributed by atoms with van der Waals surface area (Å²) in [5.41, 5.74) is 5.84. The lowest BCUT2D eigenvalue weighted by atomic mass is 9.94. The van der Waals surface area contributed by atoms with Crippen LogP contribution in [0.15, 0.2) is 36.4 Å². The van der Waals surface area contributed by atoms with E-state index >= 15 is 0 Å². The molecule has 1 aliphatic rings. The Kier molecular flexibility index (Phi) is 3.95. The van der Waals surface area contributed by atoms with Gasteiger partial charge in [-0.15, -0.1) is 0 Å². The van der Waals surface area contributed by atoms with Crippen molar-refractivity contribution in [2.75, 3.05) is 12.4 Å². The van der Waals surface area contributed by atoms with Crippen LogP contribution in [-0.2, 0) is 4.79 Å². The van der Waals surface area contributed by atoms with E-state index in [-0.39, 0.29) is 5.91 Å². The van der Waals surface area contributed by atoms with Gasteiger partial charge in [0.05, 0.1) is 7.11 Å². The quantitative estimate of drug-likeness (QED) is 0.840. The molecule has 118 valence electrons. The van der Waals surface area contributed by atoms with Crippen molar-refractivity contribution in [2.45, 2.75) is 26.7 Å². The predicted molar refractivity (Wildman–Crippen MR) is 94.8 cm³/mol. The van der Waals surface area contributed by atoms with Crippen LogP contribution < -0.4 is 10.1 Å². The molecular weight excluding hydrogens is 286 g/mol. The van der Waals surface area contributed by atoms with Gasteiger partial charge in [0.25, 0.3) is 5.91 Å². The Morgan fingerprint density at radius 3 is 2.61 bits per heavy atom. The number of fused-ring (bicyclic) bond motifs is 1. The van der Waals surface area contributed by atoms with Gasteiger partial charge in [-0.25, -0.2) is 0 Å². The monoisotopic (exact) mass is 307 g/mol. The minimum atomic E-state index is -0.0486. The van der Waals surface area contributed by atoms with Gasteiger partial charge in [0.2, 0.25) is 0 Å². The van der Waals surface area contributed by atoms with E-state index in [2.05, 4.69) is 25.2 Å². The number of ether oxygens (including phenoxy) is 1. The fraction of sp³-hybridized carbons (Fsp3) is 0.250. The van der Waals surface area contributed by atoms with Gasteiger partial charge in [-0.3, -0.25) is 4.79 Å². The van der Waals surface area contributed by atoms with E-state index in [1.807, 2.05) is 43.3 Å². The third-order valence-electron chi connectivity index (χ3n) is 4.25. The molecule has 0 radical (unpaired) electrons. The minimum Gasteiger partial charge on any atom is -0.496 e. The van der Waals surface area contributed by atoms with Crippen LogP contribution >= 0.6 is 0 Å². The average Bonchev–Trinajstić information content (AvgIpc) is 2.84. The number of hydrogen-bond acceptors (Lipinski definition) is 2. The zero-order valence-electron chi connectivity index (χ0n) is 13.9. The third-order valence-corrected chi connectivity index (χ3v) is 4.25. The first-order valence-corrected chi connectivity index (χ1v) is 7.82. The number of anilines is 1. The zero-order valence-corrected chi connectivity index (χ0v) is 13.9. The van der Waals surface area contributed by atoms with Crippen LogP contribution in [0, 0.1) is 6.92 Å². The Morgan fingerprint density at radius 2 is 1.91 bits per heavy atom. The summed E-state index contributed by atoms with van der Waals surface area (Å²) in [5.74, 6) is 1.20. The highest BCUT2D eigenvalue weighted by atomic mass is 16.5. The summed E-state index contributed by atoms with van der Waals surface area (Å²) in [6.45, 7) is 6.32. The van der Waals surface area contributed by atoms with Gasteiger partial charge in [0.1, 0.15) is 5.75 Å². The number of amides is 1. The Hall–Kier alpha value is -2.55. The highest BCUT2D eigenvalue weighted by molar-refractivity contribution is 6.34. The van der Waals surface area contributed by atoms with Crippen LogP contribution in [0.25, 0.3) is 11.6 Å². The largest absolute Gasteiger partial charge is 0.496 e. The molecule has 2 aromatic carbocycles. The van der Waals surface area contributed by atoms with Crippen LogP contribution in [0.2, 0.25) is 0 Å². The molecule has 0 aromatic heterocycles. The van der Waals surface area contributed by atoms with Gasteiger partial charge in [-0.1, -0.05) is 32.0 Å². The van der Waals surface area contributed by atoms with Gasteiger partial charge >= 0.3 is 0 Å². The standard InChI is InChI=1S/C20H21NO2/c1-12(2)16-10-14(13(3)9-19(16)23-4)11-17-15-7-5-6-8-18(15)21-20(17)22/h5-12H,1-4H3,(H,21,22)/b17-11-. The summed E-state index contributed by atoms with van der Waals surface area (Å²) in [6, 6.07) is 11.9. The Labute approximate surface area is 137 Å². The second kappa shape index (κ2) is 5.92. The van der Waals surface area contributed by atoms with Crippen molar-refractivity contribution >= 4 is 23.2 Å². The van der Waals surface area contributed by atoms with Crippen LogP contribution in [-0.4, -0.2) is 13.0 Å². The summed E-state index contributed by atoms with van der Waals surface area (Å²) in [5, 5.41) is 2.92. The fourth-order valence-corrected chi connectivity index (χ4v) is 2.94. The first-order valence-electron chi connectivity index (χ1n) is 7.82. The molecule has 0 aliphatic carbocycles. The maximum Gasteiger partial charge on any atom is 0.256 e. The molecule has 0 spiro atoms. The molecule has 0 unspecified atom stereocenters. The topological polar surface area (TPSA) is 38.3 Å². The fourth-order valence-electron chi connectivity index (χ4n) is 2.94. The van der Waals surface area contributed by atoms with Crippen molar-refractivity contribution in [2.24, 2.45) is 0 Å². The molecule has 1 amide bonds. The van der Waals surface area contributed by atoms with E-state index in [9.17, 15) is 4.79 Å². The van der Waals surface area contributed by atoms with Gasteiger partial charge in [0, 0.05) is 16.8 Å². The van der Waals surface area contributed by atoms with Gasteiger partial charge in [-0.2, -0.15) is 0 Å². The number of aryl methyl sites for hydroxylation is 1. The van der Waals surface area contributed by atoms with E-state index in [0.29, 0.717) is 11.5 Å². The second-order valence-electron chi connectivity index (χ2n) is 6.16. The number of carbonyl (C=O) groups is 1. The third kappa shape index (κ3) is 2.74. The maximum absolute atomic E-state index is 12.3. The van der Waals surface area contributed by atoms with Gasteiger partial charge in [0.15, 0.2) is 0 Å². The van der Waals surface area contributed by atoms with Crippen molar-refractivity contribution in [3.8, 4) is 5.75 Å². The van der Waals surface area contributed by atoms with Crippen molar-refractivity contribution in [1.82, 2.24) is 0 Å². The summed E-state index contributed by atoms with van der Waals surface area (Å²) in [7, 11) is 1.69. The van der Waals surface area contributed by atoms with Crippen molar-refractivity contribution in [3.05, 3.63) is 58.7 Å². The molecule has 3 rings (SSSR count). The van der Waals surface area contributed by atoms with E-state index in [1.165, 1.54) is 0 Å². The van der Waals surface area contributed by atoms with Gasteiger partial charge < -0.3 is 10.1 Å². The lowest BCUT2D eigenvalue weighted by Gasteiger charge is -2.15. The van der Waals surface area contributed by atoms with Gasteiger partial charge in [-0.05, 0) is 53.8 Å². The number of benzene rings is 2. The molecule has 0 saturated carbocycles. The Balaban J connectivity index is 2.13. The van der Waals surface area contributed by atoms with Crippen LogP contribution in [0.3, 0.4) is 0 Å². The number of carbonyl (C=O) groups excluding carboxylic acids is 1. The number of nitrogens with one attached hydrogen (secondary N) is 1. The molecule has 3 heteroatoms. The highest BCUT2D eigenvalue weighted by Gasteiger charge is 2.23. The minimum absolute atomic E-state index is 0.0486. The van der Waals surface area contributed by atoms with Crippen LogP contribution in [0.1, 0.15) is 42.0 Å². The molecule has 0 saturated heterocycles. The molecule has 0 atom stereocenters. The number of methoxy groups -OCH3 is 1. The number of rotatable bonds is 3. The van der Waals surface area contributed by atoms with Crippen molar-refractivity contribution < 1.29 is 9.53 Å². The van der Waals surface area contributed by atoms with Crippen LogP contribution in [0.5, 0.6) is 5.75 Å². The highest BCUT2D eigenvalue weighted by Crippen LogP contribution is 2.35. The average molecular weight is 307 g/mol. The summed E-state index contributed by atoms with van der Waals surface area (Å²) in [6.07, 6.45) is 1.97. The van der Waals surface area contributed by atoms with Crippen molar-refractivity contribution in [1.29, 1.82) is 0 Å². The van der Waals surface area contributed by atoms with Crippen molar-refractivity contribution in [3.63, 3.8) is 0 Å². The first-order chi connectivity index (χ1) is 11.0. The molecular formula is C20H21NO2. The Morgan fingerprint density at radius 1 is 1.17 bits per heavy atom. The lowest BCUT2D eigenvalue weighted by molar-refractivity contribution is -0.110. The van der Waals surface area contributed by atoms with E-state index in [1.54, 1.807) is 7.11 Å². The zero-order chi connectivity index (χ0) is 16.6. The lowest BCUT2D eigenvalue weighted by Crippen LogP contribution is -2.04. The second-order valence-corrected chi connectivity index (χ2v) is 6.16. The SMILES string of the molecule is COc1cc(C)c(/C=C2\C(=O)Nc3ccccc32)cc1C(C)C. The van der Waals surface area contributed by atoms with E-state index in [0.717, 1.165) is 33.7 Å². The normalized spacial score (nSPS) is 15.0. The smallest absolute Gasteiger partial charge is 0.256 e. The molecule has 1 aliphatic heterocycles. The molecule has 23 heavy (non-hydrogen) atoms. The molecule has 1 heterocycles. The molecule has 3 nitrogen and oxygen atoms in total. The maximum atomic E-state index is 12.3. The summed E-state index contributed by atoms with van der Waals surface area (Å²) in [4.78, 5) is 12.3. The Bertz CT molecular complexity index is 803. The number of para-hydroxylation sites is 1. The summed E-state index contributed by atoms with van der Waals surface area (Å²) >= 11 is 0. The summed E-state index contributed by atoms with van der Waals surface area (Å²) < 4.78 is 5.49. The van der Waals surface area contributed by atoms with Crippen LogP contribution in [0.4, 0.5) is 5.69 Å². The van der Waals surface area contributed by atoms with E-state index < -0.39 is 0 Å². The van der Waals surface area contributed by atoms with E-state index in [4.69, 9.17) is 4.74 Å². The first kappa shape index (κ1) is 15.3.